The number of carbonyl (C=O) groups is 2. The van der Waals surface area contributed by atoms with E-state index in [1.807, 2.05) is 6.92 Å². The van der Waals surface area contributed by atoms with Crippen LogP contribution in [0.15, 0.2) is 0 Å². The molecule has 0 spiro atoms. The molecule has 2 heterocycles. The quantitative estimate of drug-likeness (QED) is 0.796. The molecule has 0 aromatic heterocycles. The van der Waals surface area contributed by atoms with Gasteiger partial charge in [-0.2, -0.15) is 0 Å². The Morgan fingerprint density at radius 1 is 1.29 bits per heavy atom. The van der Waals surface area contributed by atoms with Crippen LogP contribution in [0.1, 0.15) is 26.2 Å². The number of carboxylic acids is 1. The van der Waals surface area contributed by atoms with Crippen molar-refractivity contribution in [2.75, 3.05) is 25.1 Å². The molecule has 2 saturated heterocycles. The Hall–Kier alpha value is -1.31. The number of carboxylic acid groups (broad SMARTS) is 1. The van der Waals surface area contributed by atoms with E-state index in [1.54, 1.807) is 11.9 Å². The molecule has 8 heteroatoms. The molecule has 0 aromatic rings. The first-order chi connectivity index (χ1) is 9.71. The van der Waals surface area contributed by atoms with Crippen LogP contribution < -0.4 is 0 Å². The molecule has 3 unspecified atom stereocenters. The van der Waals surface area contributed by atoms with Gasteiger partial charge in [-0.15, -0.1) is 0 Å². The molecule has 0 aliphatic carbocycles. The van der Waals surface area contributed by atoms with Crippen molar-refractivity contribution < 1.29 is 23.1 Å². The van der Waals surface area contributed by atoms with Crippen LogP contribution in [0.2, 0.25) is 0 Å². The maximum Gasteiger partial charge on any atom is 0.320 e. The third-order valence-corrected chi connectivity index (χ3v) is 6.28. The van der Waals surface area contributed by atoms with Crippen LogP contribution >= 0.6 is 0 Å². The second kappa shape index (κ2) is 5.82. The summed E-state index contributed by atoms with van der Waals surface area (Å²) in [5.74, 6) is -1.06. The summed E-state index contributed by atoms with van der Waals surface area (Å²) in [7, 11) is -1.40. The summed E-state index contributed by atoms with van der Waals surface area (Å²) in [5.41, 5.74) is 0. The largest absolute Gasteiger partial charge is 0.481 e. The average molecular weight is 318 g/mol. The zero-order valence-electron chi connectivity index (χ0n) is 12.4. The minimum atomic E-state index is -3.03. The fourth-order valence-corrected chi connectivity index (χ4v) is 4.89. The number of amides is 2. The van der Waals surface area contributed by atoms with Crippen LogP contribution in [0.5, 0.6) is 0 Å². The number of hydrogen-bond acceptors (Lipinski definition) is 4. The lowest BCUT2D eigenvalue weighted by Crippen LogP contribution is -2.53. The number of carbonyl (C=O) groups excluding carboxylic acids is 1. The Balaban J connectivity index is 1.99. The minimum Gasteiger partial charge on any atom is -0.481 e. The number of nitrogens with zero attached hydrogens (tertiary/aromatic N) is 2. The van der Waals surface area contributed by atoms with Gasteiger partial charge in [-0.1, -0.05) is 0 Å². The van der Waals surface area contributed by atoms with Gasteiger partial charge in [-0.05, 0) is 26.2 Å². The SMILES string of the molecule is CC1CC(C(=O)O)CCN1C(=O)N(C)C1CCS(=O)(=O)C1. The maximum atomic E-state index is 12.5. The van der Waals surface area contributed by atoms with E-state index in [0.717, 1.165) is 0 Å². The van der Waals surface area contributed by atoms with Gasteiger partial charge >= 0.3 is 12.0 Å². The lowest BCUT2D eigenvalue weighted by Gasteiger charge is -2.39. The van der Waals surface area contributed by atoms with E-state index in [9.17, 15) is 18.0 Å². The Morgan fingerprint density at radius 3 is 2.43 bits per heavy atom. The van der Waals surface area contributed by atoms with E-state index in [-0.39, 0.29) is 29.6 Å². The van der Waals surface area contributed by atoms with Gasteiger partial charge in [-0.3, -0.25) is 4.79 Å². The van der Waals surface area contributed by atoms with Gasteiger partial charge < -0.3 is 14.9 Å². The number of likely N-dealkylation sites (tertiary alicyclic amines) is 1. The smallest absolute Gasteiger partial charge is 0.320 e. The zero-order chi connectivity index (χ0) is 15.8. The van der Waals surface area contributed by atoms with Crippen molar-refractivity contribution in [2.24, 2.45) is 5.92 Å². The Kier molecular flexibility index (Phi) is 4.46. The van der Waals surface area contributed by atoms with Gasteiger partial charge in [0, 0.05) is 25.7 Å². The van der Waals surface area contributed by atoms with E-state index in [0.29, 0.717) is 25.8 Å². The van der Waals surface area contributed by atoms with Crippen LogP contribution in [-0.2, 0) is 14.6 Å². The Morgan fingerprint density at radius 2 is 1.95 bits per heavy atom. The lowest BCUT2D eigenvalue weighted by molar-refractivity contribution is -0.143. The number of piperidine rings is 1. The second-order valence-electron chi connectivity index (χ2n) is 6.05. The molecule has 1 N–H and O–H groups in total. The number of sulfone groups is 1. The van der Waals surface area contributed by atoms with Gasteiger partial charge in [0.1, 0.15) is 0 Å². The number of rotatable bonds is 2. The highest BCUT2D eigenvalue weighted by Gasteiger charge is 2.38. The highest BCUT2D eigenvalue weighted by molar-refractivity contribution is 7.91. The third kappa shape index (κ3) is 3.48. The van der Waals surface area contributed by atoms with Gasteiger partial charge in [0.2, 0.25) is 0 Å². The van der Waals surface area contributed by atoms with E-state index in [4.69, 9.17) is 5.11 Å². The van der Waals surface area contributed by atoms with Gasteiger partial charge in [0.15, 0.2) is 9.84 Å². The summed E-state index contributed by atoms with van der Waals surface area (Å²) in [4.78, 5) is 26.7. The number of aliphatic carboxylic acids is 1. The summed E-state index contributed by atoms with van der Waals surface area (Å²) in [6.45, 7) is 2.24. The van der Waals surface area contributed by atoms with E-state index in [1.165, 1.54) is 4.90 Å². The molecule has 2 fully saturated rings. The number of hydrogen-bond donors (Lipinski definition) is 1. The predicted molar refractivity (Wildman–Crippen MR) is 76.7 cm³/mol. The van der Waals surface area contributed by atoms with E-state index in [2.05, 4.69) is 0 Å². The fraction of sp³-hybridized carbons (Fsp3) is 0.846. The predicted octanol–water partition coefficient (Wildman–Crippen LogP) is 0.410. The molecule has 2 amide bonds. The van der Waals surface area contributed by atoms with Crippen molar-refractivity contribution >= 4 is 21.8 Å². The molecule has 0 aromatic carbocycles. The molecule has 7 nitrogen and oxygen atoms in total. The van der Waals surface area contributed by atoms with Crippen LogP contribution in [0.4, 0.5) is 4.79 Å². The molecule has 2 rings (SSSR count). The summed E-state index contributed by atoms with van der Waals surface area (Å²) >= 11 is 0. The van der Waals surface area contributed by atoms with Crippen LogP contribution in [0, 0.1) is 5.92 Å². The maximum absolute atomic E-state index is 12.5. The molecule has 0 radical (unpaired) electrons. The highest BCUT2D eigenvalue weighted by Crippen LogP contribution is 2.25. The minimum absolute atomic E-state index is 0.0230. The van der Waals surface area contributed by atoms with Crippen molar-refractivity contribution in [1.29, 1.82) is 0 Å². The molecule has 0 saturated carbocycles. The van der Waals surface area contributed by atoms with E-state index >= 15 is 0 Å². The Bertz CT molecular complexity index is 533. The fourth-order valence-electron chi connectivity index (χ4n) is 3.12. The lowest BCUT2D eigenvalue weighted by atomic mass is 9.92. The van der Waals surface area contributed by atoms with Crippen molar-refractivity contribution in [2.45, 2.75) is 38.3 Å². The zero-order valence-corrected chi connectivity index (χ0v) is 13.2. The molecular weight excluding hydrogens is 296 g/mol. The first kappa shape index (κ1) is 16.1. The molecule has 21 heavy (non-hydrogen) atoms. The van der Waals surface area contributed by atoms with Crippen molar-refractivity contribution in [3.05, 3.63) is 0 Å². The van der Waals surface area contributed by atoms with Gasteiger partial charge in [0.05, 0.1) is 17.4 Å². The first-order valence-corrected chi connectivity index (χ1v) is 9.00. The monoisotopic (exact) mass is 318 g/mol. The molecule has 120 valence electrons. The van der Waals surface area contributed by atoms with E-state index < -0.39 is 21.7 Å². The van der Waals surface area contributed by atoms with Crippen molar-refractivity contribution in [3.8, 4) is 0 Å². The summed E-state index contributed by atoms with van der Waals surface area (Å²) < 4.78 is 23.0. The Labute approximate surface area is 124 Å². The first-order valence-electron chi connectivity index (χ1n) is 7.18. The molecular formula is C13H22N2O5S. The van der Waals surface area contributed by atoms with Crippen molar-refractivity contribution in [3.63, 3.8) is 0 Å². The topological polar surface area (TPSA) is 95.0 Å². The number of urea groups is 1. The average Bonchev–Trinajstić information content (AvgIpc) is 2.77. The second-order valence-corrected chi connectivity index (χ2v) is 8.28. The molecule has 2 aliphatic rings. The normalized spacial score (nSPS) is 31.9. The van der Waals surface area contributed by atoms with Crippen LogP contribution in [0.3, 0.4) is 0 Å². The van der Waals surface area contributed by atoms with Crippen LogP contribution in [0.25, 0.3) is 0 Å². The molecule has 2 aliphatic heterocycles. The third-order valence-electron chi connectivity index (χ3n) is 4.53. The molecule has 3 atom stereocenters. The summed E-state index contributed by atoms with van der Waals surface area (Å²) in [6.07, 6.45) is 1.37. The molecule has 0 bridgehead atoms. The van der Waals surface area contributed by atoms with Crippen molar-refractivity contribution in [1.82, 2.24) is 9.80 Å². The summed E-state index contributed by atoms with van der Waals surface area (Å²) in [5, 5.41) is 9.04. The van der Waals surface area contributed by atoms with Gasteiger partial charge in [0.25, 0.3) is 0 Å². The van der Waals surface area contributed by atoms with Gasteiger partial charge in [-0.25, -0.2) is 13.2 Å². The van der Waals surface area contributed by atoms with Crippen LogP contribution in [-0.4, -0.2) is 72.5 Å². The standard InChI is InChI=1S/C13H22N2O5S/c1-9-7-10(12(16)17)3-5-15(9)13(18)14(2)11-4-6-21(19,20)8-11/h9-11H,3-8H2,1-2H3,(H,16,17). The highest BCUT2D eigenvalue weighted by atomic mass is 32.2. The summed E-state index contributed by atoms with van der Waals surface area (Å²) in [6, 6.07) is -0.617.